The van der Waals surface area contributed by atoms with Gasteiger partial charge < -0.3 is 24.1 Å². The molecule has 0 amide bonds. The van der Waals surface area contributed by atoms with Crippen LogP contribution in [0.1, 0.15) is 36.8 Å². The van der Waals surface area contributed by atoms with Gasteiger partial charge in [0.25, 0.3) is 0 Å². The van der Waals surface area contributed by atoms with Crippen LogP contribution in [0.3, 0.4) is 0 Å². The molecule has 1 aromatic heterocycles. The summed E-state index contributed by atoms with van der Waals surface area (Å²) >= 11 is 13.5. The third kappa shape index (κ3) is 5.95. The van der Waals surface area contributed by atoms with E-state index in [1.807, 2.05) is 18.2 Å². The van der Waals surface area contributed by atoms with Gasteiger partial charge >= 0.3 is 12.6 Å². The normalized spacial score (nSPS) is 18.1. The molecule has 2 heterocycles. The van der Waals surface area contributed by atoms with Gasteiger partial charge in [-0.25, -0.2) is 4.79 Å². The predicted molar refractivity (Wildman–Crippen MR) is 143 cm³/mol. The second kappa shape index (κ2) is 11.9. The summed E-state index contributed by atoms with van der Waals surface area (Å²) in [5, 5.41) is 10.1. The molecule has 11 heteroatoms. The molecule has 210 valence electrons. The monoisotopic (exact) mass is 591 g/mol. The van der Waals surface area contributed by atoms with Crippen LogP contribution < -0.4 is 9.47 Å². The van der Waals surface area contributed by atoms with Crippen molar-refractivity contribution in [3.05, 3.63) is 99.6 Å². The van der Waals surface area contributed by atoms with Crippen molar-refractivity contribution in [1.29, 1.82) is 0 Å². The third-order valence-corrected chi connectivity index (χ3v) is 7.48. The van der Waals surface area contributed by atoms with E-state index in [0.717, 1.165) is 24.7 Å². The number of aromatic nitrogens is 1. The zero-order chi connectivity index (χ0) is 28.3. The lowest BCUT2D eigenvalue weighted by molar-refractivity contribution is -0.136. The summed E-state index contributed by atoms with van der Waals surface area (Å²) in [5.74, 6) is -1.16. The minimum absolute atomic E-state index is 0.0858. The van der Waals surface area contributed by atoms with Gasteiger partial charge in [0.2, 0.25) is 5.76 Å². The quantitative estimate of drug-likeness (QED) is 0.292. The van der Waals surface area contributed by atoms with E-state index in [-0.39, 0.29) is 33.7 Å². The van der Waals surface area contributed by atoms with E-state index < -0.39 is 23.8 Å². The second-order valence-corrected chi connectivity index (χ2v) is 10.5. The van der Waals surface area contributed by atoms with Crippen LogP contribution in [0.2, 0.25) is 10.0 Å². The molecule has 1 aliphatic heterocycles. The first-order valence-electron chi connectivity index (χ1n) is 12.6. The number of alkyl halides is 2. The van der Waals surface area contributed by atoms with Crippen LogP contribution >= 0.6 is 23.2 Å². The molecule has 1 atom stereocenters. The average molecular weight is 592 g/mol. The molecule has 1 N–H and O–H groups in total. The Morgan fingerprint density at radius 1 is 1.18 bits per heavy atom. The van der Waals surface area contributed by atoms with Crippen molar-refractivity contribution in [2.45, 2.75) is 44.1 Å². The molecule has 5 rings (SSSR count). The minimum Gasteiger partial charge on any atom is -0.489 e. The van der Waals surface area contributed by atoms with Crippen LogP contribution in [0.15, 0.2) is 78.4 Å². The summed E-state index contributed by atoms with van der Waals surface area (Å²) in [7, 11) is 0. The lowest BCUT2D eigenvalue weighted by atomic mass is 9.66. The largest absolute Gasteiger partial charge is 0.489 e. The Labute approximate surface area is 239 Å². The highest BCUT2D eigenvalue weighted by molar-refractivity contribution is 6.36. The summed E-state index contributed by atoms with van der Waals surface area (Å²) < 4.78 is 48.3. The number of carboxylic acids is 1. The fourth-order valence-corrected chi connectivity index (χ4v) is 5.57. The maximum Gasteiger partial charge on any atom is 0.387 e. The van der Waals surface area contributed by atoms with E-state index in [1.165, 1.54) is 24.7 Å². The van der Waals surface area contributed by atoms with Gasteiger partial charge in [-0.2, -0.15) is 8.78 Å². The van der Waals surface area contributed by atoms with Gasteiger partial charge in [-0.1, -0.05) is 53.1 Å². The maximum atomic E-state index is 13.2. The Morgan fingerprint density at radius 2 is 1.95 bits per heavy atom. The number of hydrogen-bond acceptors (Lipinski definition) is 6. The van der Waals surface area contributed by atoms with Crippen molar-refractivity contribution < 1.29 is 37.6 Å². The van der Waals surface area contributed by atoms with E-state index in [1.54, 1.807) is 12.1 Å². The molecule has 0 saturated heterocycles. The summed E-state index contributed by atoms with van der Waals surface area (Å²) in [5.41, 5.74) is 0.625. The van der Waals surface area contributed by atoms with Gasteiger partial charge in [0.05, 0.1) is 22.1 Å². The second-order valence-electron chi connectivity index (χ2n) is 9.64. The Balaban J connectivity index is 1.68. The van der Waals surface area contributed by atoms with Gasteiger partial charge in [-0.3, -0.25) is 4.98 Å². The van der Waals surface area contributed by atoms with Crippen LogP contribution in [0, 0.1) is 5.92 Å². The van der Waals surface area contributed by atoms with Crippen molar-refractivity contribution in [1.82, 2.24) is 4.98 Å². The topological polar surface area (TPSA) is 87.1 Å². The Morgan fingerprint density at radius 3 is 2.60 bits per heavy atom. The van der Waals surface area contributed by atoms with Crippen molar-refractivity contribution in [3.8, 4) is 11.5 Å². The number of allylic oxidation sites excluding steroid dienone is 4. The summed E-state index contributed by atoms with van der Waals surface area (Å²) in [6.45, 7) is -2.65. The molecule has 3 aliphatic rings. The summed E-state index contributed by atoms with van der Waals surface area (Å²) in [4.78, 5) is 16.0. The number of nitrogens with zero attached hydrogens (tertiary/aromatic N) is 1. The Kier molecular flexibility index (Phi) is 8.32. The van der Waals surface area contributed by atoms with Gasteiger partial charge in [0.15, 0.2) is 17.3 Å². The molecule has 1 fully saturated rings. The molecule has 1 unspecified atom stereocenters. The molecule has 2 aliphatic carbocycles. The number of carbonyl (C=O) groups is 1. The van der Waals surface area contributed by atoms with Crippen molar-refractivity contribution in [2.24, 2.45) is 5.92 Å². The molecule has 40 heavy (non-hydrogen) atoms. The smallest absolute Gasteiger partial charge is 0.387 e. The fraction of sp³-hybridized carbons (Fsp3) is 0.310. The number of hydrogen-bond donors (Lipinski definition) is 1. The highest BCUT2D eigenvalue weighted by Crippen LogP contribution is 2.51. The van der Waals surface area contributed by atoms with Crippen LogP contribution in [0.5, 0.6) is 11.5 Å². The molecule has 0 radical (unpaired) electrons. The van der Waals surface area contributed by atoms with Gasteiger partial charge in [0, 0.05) is 18.0 Å². The van der Waals surface area contributed by atoms with E-state index in [9.17, 15) is 18.7 Å². The van der Waals surface area contributed by atoms with Gasteiger partial charge in [-0.15, -0.1) is 0 Å². The fourth-order valence-electron chi connectivity index (χ4n) is 4.88. The van der Waals surface area contributed by atoms with E-state index in [4.69, 9.17) is 42.1 Å². The highest BCUT2D eigenvalue weighted by atomic mass is 35.5. The highest BCUT2D eigenvalue weighted by Gasteiger charge is 2.47. The number of halogens is 4. The van der Waals surface area contributed by atoms with Crippen molar-refractivity contribution in [2.75, 3.05) is 6.61 Å². The SMILES string of the molecule is O=C(O)C1=COC=C(C(Cc2ccc(OC(F)F)c(OCC3CC3)c2)(C2=CC=CCC2)c2c(Cl)cncc2Cl)O1. The van der Waals surface area contributed by atoms with Crippen molar-refractivity contribution in [3.63, 3.8) is 0 Å². The molecule has 0 spiro atoms. The van der Waals surface area contributed by atoms with Crippen molar-refractivity contribution >= 4 is 29.2 Å². The Bertz CT molecular complexity index is 1400. The number of pyridine rings is 1. The summed E-state index contributed by atoms with van der Waals surface area (Å²) in [6.07, 6.45) is 14.4. The predicted octanol–water partition coefficient (Wildman–Crippen LogP) is 7.35. The number of ether oxygens (including phenoxy) is 4. The molecule has 7 nitrogen and oxygen atoms in total. The lowest BCUT2D eigenvalue weighted by Crippen LogP contribution is -2.37. The average Bonchev–Trinajstić information content (AvgIpc) is 3.77. The van der Waals surface area contributed by atoms with Crippen LogP contribution in [0.25, 0.3) is 0 Å². The maximum absolute atomic E-state index is 13.2. The molecule has 1 saturated carbocycles. The minimum atomic E-state index is -3.03. The van der Waals surface area contributed by atoms with Gasteiger partial charge in [0.1, 0.15) is 12.5 Å². The molecule has 0 bridgehead atoms. The van der Waals surface area contributed by atoms with E-state index in [0.29, 0.717) is 36.5 Å². The third-order valence-electron chi connectivity index (χ3n) is 6.91. The Hall–Kier alpha value is -3.56. The molecule has 2 aromatic rings. The van der Waals surface area contributed by atoms with Gasteiger partial charge in [-0.05, 0) is 55.7 Å². The first-order valence-corrected chi connectivity index (χ1v) is 13.4. The zero-order valence-electron chi connectivity index (χ0n) is 21.1. The molecular weight excluding hydrogens is 567 g/mol. The van der Waals surface area contributed by atoms with Crippen LogP contribution in [-0.4, -0.2) is 29.3 Å². The zero-order valence-corrected chi connectivity index (χ0v) is 22.6. The number of rotatable bonds is 11. The van der Waals surface area contributed by atoms with Crippen LogP contribution in [-0.2, 0) is 26.1 Å². The number of carboxylic acid groups (broad SMARTS) is 1. The molecule has 1 aromatic carbocycles. The number of aliphatic carboxylic acids is 1. The first kappa shape index (κ1) is 28.0. The van der Waals surface area contributed by atoms with Crippen LogP contribution in [0.4, 0.5) is 8.78 Å². The standard InChI is InChI=1S/C29H25Cl2F2NO6/c30-20-12-34-13-21(31)26(20)29(19-4-2-1-3-5-19,25-16-37-15-24(39-25)27(35)36)11-18-8-9-22(40-28(32)33)23(10-18)38-14-17-6-7-17/h1-2,4,8-10,12-13,15-17,28H,3,5-7,11,14H2,(H,35,36). The summed E-state index contributed by atoms with van der Waals surface area (Å²) in [6, 6.07) is 4.70. The first-order chi connectivity index (χ1) is 19.3. The van der Waals surface area contributed by atoms with E-state index >= 15 is 0 Å². The molecular formula is C29H25Cl2F2NO6. The van der Waals surface area contributed by atoms with E-state index in [2.05, 4.69) is 4.98 Å². The lowest BCUT2D eigenvalue weighted by Gasteiger charge is -2.40. The number of benzene rings is 1.